The quantitative estimate of drug-likeness (QED) is 0.323. The Morgan fingerprint density at radius 1 is 0.939 bits per heavy atom. The number of unbranched alkanes of at least 4 members (excludes halogenated alkanes) is 3. The van der Waals surface area contributed by atoms with Crippen molar-refractivity contribution in [1.82, 2.24) is 0 Å². The van der Waals surface area contributed by atoms with Crippen molar-refractivity contribution in [3.05, 3.63) is 35.4 Å². The normalized spacial score (nSPS) is 12.0. The first-order valence-electron chi connectivity index (χ1n) is 11.9. The molecule has 0 unspecified atom stereocenters. The average molecular weight is 464 g/mol. The van der Waals surface area contributed by atoms with Crippen LogP contribution in [0.15, 0.2) is 34.1 Å². The third-order valence-electron chi connectivity index (χ3n) is 5.70. The molecule has 6 heteroatoms. The predicted octanol–water partition coefficient (Wildman–Crippen LogP) is 7.44. The number of hydrogen-bond donors (Lipinski definition) is 0. The van der Waals surface area contributed by atoms with Gasteiger partial charge in [0.25, 0.3) is 0 Å². The monoisotopic (exact) mass is 463 g/mol. The lowest BCUT2D eigenvalue weighted by atomic mass is 10.0. The molecule has 2 aromatic carbocycles. The number of fused-ring (bicyclic) bond motifs is 2. The van der Waals surface area contributed by atoms with Gasteiger partial charge in [-0.1, -0.05) is 63.9 Å². The van der Waals surface area contributed by atoms with Crippen molar-refractivity contribution in [1.29, 1.82) is 10.5 Å². The number of para-hydroxylation sites is 1. The van der Waals surface area contributed by atoms with E-state index in [0.717, 1.165) is 53.3 Å². The highest BCUT2D eigenvalue weighted by Gasteiger charge is 2.34. The second-order valence-electron chi connectivity index (χ2n) is 8.56. The third-order valence-corrected chi connectivity index (χ3v) is 6.85. The molecule has 33 heavy (non-hydrogen) atoms. The fraction of sp³-hybridized carbons (Fsp3) is 0.481. The highest BCUT2D eigenvalue weighted by atomic mass is 32.2. The molecule has 0 N–H and O–H groups in total. The molecule has 0 aliphatic carbocycles. The van der Waals surface area contributed by atoms with Crippen molar-refractivity contribution < 1.29 is 9.47 Å². The average Bonchev–Trinajstić information content (AvgIpc) is 2.82. The molecule has 1 heterocycles. The Kier molecular flexibility index (Phi) is 8.92. The molecule has 0 saturated carbocycles. The predicted molar refractivity (Wildman–Crippen MR) is 134 cm³/mol. The first-order chi connectivity index (χ1) is 16.1. The fourth-order valence-corrected chi connectivity index (χ4v) is 5.13. The van der Waals surface area contributed by atoms with Crippen LogP contribution in [0.2, 0.25) is 0 Å². The van der Waals surface area contributed by atoms with E-state index in [1.807, 2.05) is 12.1 Å². The van der Waals surface area contributed by atoms with Gasteiger partial charge in [0.05, 0.1) is 23.8 Å². The molecule has 3 rings (SSSR count). The number of ether oxygens (including phenoxy) is 2. The summed E-state index contributed by atoms with van der Waals surface area (Å²) in [5.41, 5.74) is 2.46. The standard InChI is InChI=1S/C27H33N3O2S/c1-5-7-8-11-15-31-25-20(17-28)21(18-29)26(32-16-14-19(3)4)27-24(25)30(6-2)22-12-9-10-13-23(22)33-27/h9-10,12-13,19H,5-8,11,14-16H2,1-4H3. The number of nitriles is 2. The maximum Gasteiger partial charge on any atom is 0.163 e. The number of rotatable bonds is 11. The van der Waals surface area contributed by atoms with Crippen LogP contribution in [0.25, 0.3) is 0 Å². The van der Waals surface area contributed by atoms with E-state index >= 15 is 0 Å². The molecular weight excluding hydrogens is 430 g/mol. The van der Waals surface area contributed by atoms with Crippen LogP contribution in [0.1, 0.15) is 70.9 Å². The maximum absolute atomic E-state index is 10.1. The summed E-state index contributed by atoms with van der Waals surface area (Å²) in [4.78, 5) is 4.14. The summed E-state index contributed by atoms with van der Waals surface area (Å²) in [7, 11) is 0. The van der Waals surface area contributed by atoms with Crippen LogP contribution < -0.4 is 14.4 Å². The second-order valence-corrected chi connectivity index (χ2v) is 9.62. The second kappa shape index (κ2) is 11.9. The Labute approximate surface area is 202 Å². The summed E-state index contributed by atoms with van der Waals surface area (Å²) in [5, 5.41) is 20.2. The molecule has 1 aliphatic heterocycles. The lowest BCUT2D eigenvalue weighted by molar-refractivity contribution is 0.279. The van der Waals surface area contributed by atoms with Crippen molar-refractivity contribution in [2.75, 3.05) is 24.7 Å². The van der Waals surface area contributed by atoms with E-state index in [1.54, 1.807) is 11.8 Å². The van der Waals surface area contributed by atoms with Crippen LogP contribution in [-0.2, 0) is 0 Å². The van der Waals surface area contributed by atoms with Gasteiger partial charge < -0.3 is 14.4 Å². The van der Waals surface area contributed by atoms with Crippen LogP contribution >= 0.6 is 11.8 Å². The van der Waals surface area contributed by atoms with Gasteiger partial charge in [0.1, 0.15) is 29.0 Å². The fourth-order valence-electron chi connectivity index (χ4n) is 3.93. The van der Waals surface area contributed by atoms with E-state index in [-0.39, 0.29) is 11.1 Å². The van der Waals surface area contributed by atoms with E-state index in [1.165, 1.54) is 0 Å². The lowest BCUT2D eigenvalue weighted by Gasteiger charge is -2.35. The number of hydrogen-bond acceptors (Lipinski definition) is 6. The van der Waals surface area contributed by atoms with Gasteiger partial charge in [0, 0.05) is 11.4 Å². The van der Waals surface area contributed by atoms with E-state index < -0.39 is 0 Å². The molecule has 0 radical (unpaired) electrons. The van der Waals surface area contributed by atoms with Gasteiger partial charge in [0.15, 0.2) is 11.5 Å². The minimum absolute atomic E-state index is 0.268. The van der Waals surface area contributed by atoms with Gasteiger partial charge in [-0.15, -0.1) is 0 Å². The Hall–Kier alpha value is -2.83. The molecule has 5 nitrogen and oxygen atoms in total. The molecule has 0 spiro atoms. The summed E-state index contributed by atoms with van der Waals surface area (Å²) < 4.78 is 12.5. The highest BCUT2D eigenvalue weighted by Crippen LogP contribution is 2.57. The number of anilines is 2. The summed E-state index contributed by atoms with van der Waals surface area (Å²) >= 11 is 1.59. The zero-order valence-electron chi connectivity index (χ0n) is 20.1. The molecule has 174 valence electrons. The Balaban J connectivity index is 2.16. The van der Waals surface area contributed by atoms with Gasteiger partial charge in [-0.05, 0) is 37.8 Å². The molecule has 1 aliphatic rings. The molecular formula is C27H33N3O2S. The van der Waals surface area contributed by atoms with Gasteiger partial charge >= 0.3 is 0 Å². The van der Waals surface area contributed by atoms with Crippen LogP contribution in [0.4, 0.5) is 11.4 Å². The number of benzene rings is 2. The lowest BCUT2D eigenvalue weighted by Crippen LogP contribution is -2.23. The molecule has 0 bridgehead atoms. The molecule has 0 atom stereocenters. The smallest absolute Gasteiger partial charge is 0.163 e. The van der Waals surface area contributed by atoms with Crippen molar-refractivity contribution in [2.45, 2.75) is 69.6 Å². The van der Waals surface area contributed by atoms with Gasteiger partial charge in [-0.2, -0.15) is 10.5 Å². The van der Waals surface area contributed by atoms with Crippen molar-refractivity contribution >= 4 is 23.1 Å². The zero-order chi connectivity index (χ0) is 23.8. The van der Waals surface area contributed by atoms with Crippen molar-refractivity contribution in [3.63, 3.8) is 0 Å². The first-order valence-corrected chi connectivity index (χ1v) is 12.7. The summed E-state index contributed by atoms with van der Waals surface area (Å²) in [6.07, 6.45) is 5.17. The van der Waals surface area contributed by atoms with E-state index in [4.69, 9.17) is 9.47 Å². The van der Waals surface area contributed by atoms with E-state index in [2.05, 4.69) is 56.9 Å². The molecule has 0 aromatic heterocycles. The maximum atomic E-state index is 10.1. The summed E-state index contributed by atoms with van der Waals surface area (Å²) in [6.45, 7) is 10.3. The molecule has 2 aromatic rings. The largest absolute Gasteiger partial charge is 0.491 e. The Morgan fingerprint density at radius 2 is 1.64 bits per heavy atom. The van der Waals surface area contributed by atoms with Crippen LogP contribution in [0, 0.1) is 28.6 Å². The first kappa shape index (κ1) is 24.8. The topological polar surface area (TPSA) is 69.3 Å². The van der Waals surface area contributed by atoms with Crippen LogP contribution in [-0.4, -0.2) is 19.8 Å². The minimum atomic E-state index is 0.268. The summed E-state index contributed by atoms with van der Waals surface area (Å²) in [5.74, 6) is 1.48. The zero-order valence-corrected chi connectivity index (χ0v) is 20.9. The highest BCUT2D eigenvalue weighted by molar-refractivity contribution is 7.99. The Bertz CT molecular complexity index is 1050. The Morgan fingerprint density at radius 3 is 2.30 bits per heavy atom. The van der Waals surface area contributed by atoms with Gasteiger partial charge in [-0.25, -0.2) is 0 Å². The minimum Gasteiger partial charge on any atom is -0.491 e. The van der Waals surface area contributed by atoms with Gasteiger partial charge in [-0.3, -0.25) is 0 Å². The third kappa shape index (κ3) is 5.40. The van der Waals surface area contributed by atoms with E-state index in [0.29, 0.717) is 37.2 Å². The molecule has 0 amide bonds. The summed E-state index contributed by atoms with van der Waals surface area (Å²) in [6, 6.07) is 12.7. The van der Waals surface area contributed by atoms with Crippen LogP contribution in [0.3, 0.4) is 0 Å². The molecule has 0 saturated heterocycles. The van der Waals surface area contributed by atoms with Crippen molar-refractivity contribution in [2.24, 2.45) is 5.92 Å². The number of nitrogens with zero attached hydrogens (tertiary/aromatic N) is 3. The van der Waals surface area contributed by atoms with Crippen LogP contribution in [0.5, 0.6) is 11.5 Å². The van der Waals surface area contributed by atoms with Gasteiger partial charge in [0.2, 0.25) is 0 Å². The van der Waals surface area contributed by atoms with Crippen molar-refractivity contribution in [3.8, 4) is 23.6 Å². The SMILES string of the molecule is CCCCCCOc1c(C#N)c(C#N)c(OCCC(C)C)c2c1N(CC)c1ccccc1S2. The molecule has 0 fully saturated rings. The van der Waals surface area contributed by atoms with E-state index in [9.17, 15) is 10.5 Å².